The molecule has 1 nitrogen and oxygen atoms in total. The van der Waals surface area contributed by atoms with E-state index in [0.717, 1.165) is 12.8 Å². The number of allylic oxidation sites excluding steroid dienone is 2. The summed E-state index contributed by atoms with van der Waals surface area (Å²) in [6.07, 6.45) is 6.51. The predicted molar refractivity (Wildman–Crippen MR) is 66.9 cm³/mol. The minimum atomic E-state index is 0.112. The Morgan fingerprint density at radius 1 is 1.27 bits per heavy atom. The van der Waals surface area contributed by atoms with E-state index in [2.05, 4.69) is 50.3 Å². The fourth-order valence-electron chi connectivity index (χ4n) is 1.77. The molecule has 0 radical (unpaired) electrons. The second-order valence-electron chi connectivity index (χ2n) is 4.24. The van der Waals surface area contributed by atoms with Crippen molar-refractivity contribution in [2.75, 3.05) is 6.54 Å². The van der Waals surface area contributed by atoms with Crippen molar-refractivity contribution >= 4 is 0 Å². The highest BCUT2D eigenvalue weighted by Crippen LogP contribution is 2.27. The zero-order valence-corrected chi connectivity index (χ0v) is 9.74. The normalized spacial score (nSPS) is 15.4. The van der Waals surface area contributed by atoms with Gasteiger partial charge in [-0.15, -0.1) is 0 Å². The molecule has 1 aromatic rings. The summed E-state index contributed by atoms with van der Waals surface area (Å²) in [7, 11) is 0. The maximum atomic E-state index is 5.90. The van der Waals surface area contributed by atoms with E-state index in [4.69, 9.17) is 5.73 Å². The van der Waals surface area contributed by atoms with Crippen molar-refractivity contribution in [2.24, 2.45) is 5.73 Å². The van der Waals surface area contributed by atoms with E-state index in [1.807, 2.05) is 6.07 Å². The Bertz CT molecular complexity index is 302. The molecule has 0 spiro atoms. The topological polar surface area (TPSA) is 26.0 Å². The third-order valence-corrected chi connectivity index (χ3v) is 3.02. The Balaban J connectivity index is 2.76. The SMILES string of the molecule is C/C=C/CCC(C)(CN)c1ccccc1. The summed E-state index contributed by atoms with van der Waals surface area (Å²) in [5, 5.41) is 0. The van der Waals surface area contributed by atoms with Gasteiger partial charge in [0, 0.05) is 12.0 Å². The molecule has 0 aromatic heterocycles. The van der Waals surface area contributed by atoms with Crippen LogP contribution in [-0.2, 0) is 5.41 Å². The van der Waals surface area contributed by atoms with Crippen molar-refractivity contribution in [3.8, 4) is 0 Å². The van der Waals surface area contributed by atoms with E-state index < -0.39 is 0 Å². The smallest absolute Gasteiger partial charge is 0.00502 e. The van der Waals surface area contributed by atoms with Gasteiger partial charge in [-0.25, -0.2) is 0 Å². The fraction of sp³-hybridized carbons (Fsp3) is 0.429. The van der Waals surface area contributed by atoms with Gasteiger partial charge < -0.3 is 5.73 Å². The third-order valence-electron chi connectivity index (χ3n) is 3.02. The summed E-state index contributed by atoms with van der Waals surface area (Å²) in [4.78, 5) is 0. The van der Waals surface area contributed by atoms with Crippen LogP contribution in [0, 0.1) is 0 Å². The van der Waals surface area contributed by atoms with E-state index >= 15 is 0 Å². The first-order valence-electron chi connectivity index (χ1n) is 5.59. The quantitative estimate of drug-likeness (QED) is 0.730. The fourth-order valence-corrected chi connectivity index (χ4v) is 1.77. The number of hydrogen-bond acceptors (Lipinski definition) is 1. The molecule has 0 bridgehead atoms. The summed E-state index contributed by atoms with van der Waals surface area (Å²) < 4.78 is 0. The Kier molecular flexibility index (Phi) is 4.57. The molecule has 0 aliphatic rings. The predicted octanol–water partition coefficient (Wildman–Crippen LogP) is 3.26. The first-order chi connectivity index (χ1) is 7.23. The Morgan fingerprint density at radius 2 is 1.93 bits per heavy atom. The lowest BCUT2D eigenvalue weighted by molar-refractivity contribution is 0.449. The number of benzene rings is 1. The molecule has 1 rings (SSSR count). The van der Waals surface area contributed by atoms with Gasteiger partial charge in [-0.05, 0) is 25.3 Å². The maximum absolute atomic E-state index is 5.90. The summed E-state index contributed by atoms with van der Waals surface area (Å²) in [5.41, 5.74) is 7.35. The first kappa shape index (κ1) is 12.0. The van der Waals surface area contributed by atoms with Gasteiger partial charge >= 0.3 is 0 Å². The lowest BCUT2D eigenvalue weighted by atomic mass is 9.78. The Morgan fingerprint density at radius 3 is 2.47 bits per heavy atom. The van der Waals surface area contributed by atoms with Crippen LogP contribution in [0.1, 0.15) is 32.3 Å². The van der Waals surface area contributed by atoms with Gasteiger partial charge in [0.05, 0.1) is 0 Å². The van der Waals surface area contributed by atoms with E-state index in [9.17, 15) is 0 Å². The van der Waals surface area contributed by atoms with Crippen LogP contribution in [0.5, 0.6) is 0 Å². The van der Waals surface area contributed by atoms with Crippen molar-refractivity contribution in [1.82, 2.24) is 0 Å². The molecule has 0 fully saturated rings. The maximum Gasteiger partial charge on any atom is 0.00502 e. The van der Waals surface area contributed by atoms with E-state index in [0.29, 0.717) is 6.54 Å². The molecular weight excluding hydrogens is 182 g/mol. The highest BCUT2D eigenvalue weighted by Gasteiger charge is 2.23. The molecule has 0 aliphatic carbocycles. The summed E-state index contributed by atoms with van der Waals surface area (Å²) in [6.45, 7) is 5.00. The van der Waals surface area contributed by atoms with Gasteiger partial charge in [-0.1, -0.05) is 49.4 Å². The molecule has 0 saturated carbocycles. The Labute approximate surface area is 93.0 Å². The largest absolute Gasteiger partial charge is 0.330 e. The standard InChI is InChI=1S/C14H21N/c1-3-4-8-11-14(2,12-15)13-9-6-5-7-10-13/h3-7,9-10H,8,11-12,15H2,1-2H3/b4-3+. The van der Waals surface area contributed by atoms with Crippen molar-refractivity contribution in [1.29, 1.82) is 0 Å². The van der Waals surface area contributed by atoms with Crippen LogP contribution in [-0.4, -0.2) is 6.54 Å². The number of nitrogens with two attached hydrogens (primary N) is 1. The molecule has 1 unspecified atom stereocenters. The van der Waals surface area contributed by atoms with Crippen LogP contribution >= 0.6 is 0 Å². The lowest BCUT2D eigenvalue weighted by Crippen LogP contribution is -2.31. The summed E-state index contributed by atoms with van der Waals surface area (Å²) >= 11 is 0. The second-order valence-corrected chi connectivity index (χ2v) is 4.24. The minimum Gasteiger partial charge on any atom is -0.330 e. The average Bonchev–Trinajstić information content (AvgIpc) is 2.30. The number of rotatable bonds is 5. The molecule has 1 atom stereocenters. The van der Waals surface area contributed by atoms with Crippen LogP contribution in [0.3, 0.4) is 0 Å². The Hall–Kier alpha value is -1.08. The molecular formula is C14H21N. The van der Waals surface area contributed by atoms with Crippen molar-refractivity contribution in [2.45, 2.75) is 32.1 Å². The molecule has 0 aliphatic heterocycles. The van der Waals surface area contributed by atoms with Gasteiger partial charge in [0.15, 0.2) is 0 Å². The minimum absolute atomic E-state index is 0.112. The van der Waals surface area contributed by atoms with Crippen LogP contribution in [0.25, 0.3) is 0 Å². The monoisotopic (exact) mass is 203 g/mol. The van der Waals surface area contributed by atoms with Crippen molar-refractivity contribution in [3.63, 3.8) is 0 Å². The zero-order chi connectivity index (χ0) is 11.1. The van der Waals surface area contributed by atoms with E-state index in [1.165, 1.54) is 5.56 Å². The van der Waals surface area contributed by atoms with Crippen LogP contribution in [0.2, 0.25) is 0 Å². The zero-order valence-electron chi connectivity index (χ0n) is 9.74. The average molecular weight is 203 g/mol. The van der Waals surface area contributed by atoms with Gasteiger partial charge in [-0.3, -0.25) is 0 Å². The van der Waals surface area contributed by atoms with Gasteiger partial charge in [0.2, 0.25) is 0 Å². The van der Waals surface area contributed by atoms with Gasteiger partial charge in [0.25, 0.3) is 0 Å². The molecule has 2 N–H and O–H groups in total. The highest BCUT2D eigenvalue weighted by atomic mass is 14.6. The van der Waals surface area contributed by atoms with Crippen LogP contribution in [0.4, 0.5) is 0 Å². The highest BCUT2D eigenvalue weighted by molar-refractivity contribution is 5.25. The molecule has 1 heteroatoms. The van der Waals surface area contributed by atoms with Gasteiger partial charge in [-0.2, -0.15) is 0 Å². The first-order valence-corrected chi connectivity index (χ1v) is 5.59. The lowest BCUT2D eigenvalue weighted by Gasteiger charge is -2.28. The van der Waals surface area contributed by atoms with Gasteiger partial charge in [0.1, 0.15) is 0 Å². The third kappa shape index (κ3) is 3.21. The van der Waals surface area contributed by atoms with Crippen LogP contribution < -0.4 is 5.73 Å². The molecule has 1 aromatic carbocycles. The molecule has 0 saturated heterocycles. The molecule has 0 heterocycles. The summed E-state index contributed by atoms with van der Waals surface area (Å²) in [6, 6.07) is 10.6. The van der Waals surface area contributed by atoms with E-state index in [1.54, 1.807) is 0 Å². The van der Waals surface area contributed by atoms with Crippen molar-refractivity contribution < 1.29 is 0 Å². The molecule has 15 heavy (non-hydrogen) atoms. The van der Waals surface area contributed by atoms with Crippen LogP contribution in [0.15, 0.2) is 42.5 Å². The summed E-state index contributed by atoms with van der Waals surface area (Å²) in [5.74, 6) is 0. The number of hydrogen-bond donors (Lipinski definition) is 1. The van der Waals surface area contributed by atoms with E-state index in [-0.39, 0.29) is 5.41 Å². The molecule has 82 valence electrons. The molecule has 0 amide bonds. The van der Waals surface area contributed by atoms with Crippen molar-refractivity contribution in [3.05, 3.63) is 48.0 Å². The second kappa shape index (κ2) is 5.72.